The molecule has 0 unspecified atom stereocenters. The van der Waals surface area contributed by atoms with Gasteiger partial charge in [-0.25, -0.2) is 0 Å². The van der Waals surface area contributed by atoms with Crippen LogP contribution in [-0.2, 0) is 9.59 Å². The molecule has 20 heavy (non-hydrogen) atoms. The van der Waals surface area contributed by atoms with Gasteiger partial charge in [0.15, 0.2) is 0 Å². The topological polar surface area (TPSA) is 61.4 Å². The summed E-state index contributed by atoms with van der Waals surface area (Å²) in [6, 6.07) is 0.483. The fourth-order valence-electron chi connectivity index (χ4n) is 2.53. The fourth-order valence-corrected chi connectivity index (χ4v) is 2.53. The standard InChI is InChI=1S/C15H29N3O2/c1-3-9-16-14(19)12-18(10-4-2)15(20)11-17-13-7-5-6-8-13/h13,17H,3-12H2,1-2H3,(H,16,19). The van der Waals surface area contributed by atoms with Crippen molar-refractivity contribution in [1.29, 1.82) is 0 Å². The number of amides is 2. The Morgan fingerprint density at radius 2 is 1.85 bits per heavy atom. The highest BCUT2D eigenvalue weighted by atomic mass is 16.2. The first kappa shape index (κ1) is 17.0. The van der Waals surface area contributed by atoms with Crippen molar-refractivity contribution in [2.45, 2.75) is 58.4 Å². The zero-order valence-corrected chi connectivity index (χ0v) is 12.9. The second kappa shape index (κ2) is 9.75. The molecule has 0 spiro atoms. The third-order valence-electron chi connectivity index (χ3n) is 3.65. The first-order chi connectivity index (χ1) is 9.67. The highest BCUT2D eigenvalue weighted by Crippen LogP contribution is 2.17. The highest BCUT2D eigenvalue weighted by Gasteiger charge is 2.19. The Balaban J connectivity index is 2.34. The SMILES string of the molecule is CCCNC(=O)CN(CCC)C(=O)CNC1CCCC1. The lowest BCUT2D eigenvalue weighted by molar-refractivity contribution is -0.135. The Bertz CT molecular complexity index is 301. The van der Waals surface area contributed by atoms with Crippen LogP contribution in [0.2, 0.25) is 0 Å². The average Bonchev–Trinajstić information content (AvgIpc) is 2.95. The van der Waals surface area contributed by atoms with Crippen molar-refractivity contribution in [3.63, 3.8) is 0 Å². The number of hydrogen-bond acceptors (Lipinski definition) is 3. The molecule has 1 aliphatic rings. The zero-order valence-electron chi connectivity index (χ0n) is 12.9. The summed E-state index contributed by atoms with van der Waals surface area (Å²) in [5.41, 5.74) is 0. The Morgan fingerprint density at radius 1 is 1.15 bits per heavy atom. The predicted molar refractivity (Wildman–Crippen MR) is 80.4 cm³/mol. The second-order valence-electron chi connectivity index (χ2n) is 5.53. The van der Waals surface area contributed by atoms with Crippen LogP contribution in [0.4, 0.5) is 0 Å². The largest absolute Gasteiger partial charge is 0.355 e. The third-order valence-corrected chi connectivity index (χ3v) is 3.65. The maximum Gasteiger partial charge on any atom is 0.239 e. The van der Waals surface area contributed by atoms with Gasteiger partial charge in [0.1, 0.15) is 0 Å². The molecule has 0 heterocycles. The van der Waals surface area contributed by atoms with Gasteiger partial charge >= 0.3 is 0 Å². The summed E-state index contributed by atoms with van der Waals surface area (Å²) in [6.07, 6.45) is 6.62. The van der Waals surface area contributed by atoms with E-state index in [2.05, 4.69) is 10.6 Å². The summed E-state index contributed by atoms with van der Waals surface area (Å²) < 4.78 is 0. The summed E-state index contributed by atoms with van der Waals surface area (Å²) in [5, 5.41) is 6.13. The van der Waals surface area contributed by atoms with Gasteiger partial charge in [-0.15, -0.1) is 0 Å². The molecule has 1 saturated carbocycles. The highest BCUT2D eigenvalue weighted by molar-refractivity contribution is 5.85. The van der Waals surface area contributed by atoms with E-state index in [1.807, 2.05) is 13.8 Å². The fraction of sp³-hybridized carbons (Fsp3) is 0.867. The molecule has 0 atom stereocenters. The normalized spacial score (nSPS) is 15.3. The Morgan fingerprint density at radius 3 is 2.45 bits per heavy atom. The number of hydrogen-bond donors (Lipinski definition) is 2. The van der Waals surface area contributed by atoms with Crippen molar-refractivity contribution in [3.8, 4) is 0 Å². The summed E-state index contributed by atoms with van der Waals surface area (Å²) in [5.74, 6) is -0.0279. The molecule has 0 aromatic heterocycles. The van der Waals surface area contributed by atoms with Crippen LogP contribution in [0, 0.1) is 0 Å². The molecular formula is C15H29N3O2. The van der Waals surface area contributed by atoms with E-state index in [1.165, 1.54) is 12.8 Å². The van der Waals surface area contributed by atoms with Crippen molar-refractivity contribution < 1.29 is 9.59 Å². The van der Waals surface area contributed by atoms with E-state index in [0.717, 1.165) is 25.7 Å². The molecule has 1 aliphatic carbocycles. The number of carbonyl (C=O) groups is 2. The first-order valence-corrected chi connectivity index (χ1v) is 7.95. The van der Waals surface area contributed by atoms with Gasteiger partial charge in [-0.2, -0.15) is 0 Å². The van der Waals surface area contributed by atoms with Crippen molar-refractivity contribution in [2.24, 2.45) is 0 Å². The summed E-state index contributed by atoms with van der Waals surface area (Å²) in [4.78, 5) is 25.6. The molecule has 0 aliphatic heterocycles. The minimum absolute atomic E-state index is 0.0328. The minimum atomic E-state index is -0.0606. The van der Waals surface area contributed by atoms with Crippen LogP contribution in [0.1, 0.15) is 52.4 Å². The van der Waals surface area contributed by atoms with Gasteiger partial charge in [0.25, 0.3) is 0 Å². The maximum absolute atomic E-state index is 12.2. The van der Waals surface area contributed by atoms with Crippen LogP contribution in [0.5, 0.6) is 0 Å². The smallest absolute Gasteiger partial charge is 0.239 e. The molecule has 0 saturated heterocycles. The summed E-state index contributed by atoms with van der Waals surface area (Å²) in [6.45, 7) is 5.89. The van der Waals surface area contributed by atoms with Crippen LogP contribution in [0.25, 0.3) is 0 Å². The van der Waals surface area contributed by atoms with Crippen LogP contribution in [0.15, 0.2) is 0 Å². The molecule has 2 N–H and O–H groups in total. The molecule has 1 fully saturated rings. The van der Waals surface area contributed by atoms with E-state index < -0.39 is 0 Å². The molecular weight excluding hydrogens is 254 g/mol. The van der Waals surface area contributed by atoms with Crippen LogP contribution in [0.3, 0.4) is 0 Å². The number of rotatable bonds is 9. The van der Waals surface area contributed by atoms with E-state index >= 15 is 0 Å². The molecule has 116 valence electrons. The van der Waals surface area contributed by atoms with Gasteiger partial charge in [0, 0.05) is 19.1 Å². The number of carbonyl (C=O) groups excluding carboxylic acids is 2. The predicted octanol–water partition coefficient (Wildman–Crippen LogP) is 1.28. The Hall–Kier alpha value is -1.10. The van der Waals surface area contributed by atoms with E-state index in [9.17, 15) is 9.59 Å². The molecule has 2 amide bonds. The summed E-state index contributed by atoms with van der Waals surface area (Å²) >= 11 is 0. The Labute approximate surface area is 122 Å². The minimum Gasteiger partial charge on any atom is -0.355 e. The van der Waals surface area contributed by atoms with Gasteiger partial charge in [0.05, 0.1) is 13.1 Å². The number of nitrogens with zero attached hydrogens (tertiary/aromatic N) is 1. The van der Waals surface area contributed by atoms with E-state index in [0.29, 0.717) is 25.7 Å². The molecule has 0 bridgehead atoms. The summed E-state index contributed by atoms with van der Waals surface area (Å²) in [7, 11) is 0. The van der Waals surface area contributed by atoms with Gasteiger partial charge in [0.2, 0.25) is 11.8 Å². The van der Waals surface area contributed by atoms with Crippen molar-refractivity contribution in [1.82, 2.24) is 15.5 Å². The molecule has 1 rings (SSSR count). The van der Waals surface area contributed by atoms with Gasteiger partial charge in [-0.05, 0) is 25.7 Å². The molecule has 5 nitrogen and oxygen atoms in total. The van der Waals surface area contributed by atoms with Crippen LogP contribution in [-0.4, -0.2) is 48.9 Å². The van der Waals surface area contributed by atoms with Gasteiger partial charge in [-0.3, -0.25) is 9.59 Å². The van der Waals surface area contributed by atoms with E-state index in [1.54, 1.807) is 4.90 Å². The average molecular weight is 283 g/mol. The first-order valence-electron chi connectivity index (χ1n) is 7.95. The molecule has 5 heteroatoms. The van der Waals surface area contributed by atoms with Gasteiger partial charge < -0.3 is 15.5 Å². The van der Waals surface area contributed by atoms with Crippen molar-refractivity contribution >= 4 is 11.8 Å². The second-order valence-corrected chi connectivity index (χ2v) is 5.53. The quantitative estimate of drug-likeness (QED) is 0.670. The monoisotopic (exact) mass is 283 g/mol. The van der Waals surface area contributed by atoms with Gasteiger partial charge in [-0.1, -0.05) is 26.7 Å². The van der Waals surface area contributed by atoms with Crippen LogP contribution < -0.4 is 10.6 Å². The zero-order chi connectivity index (χ0) is 14.8. The van der Waals surface area contributed by atoms with Crippen LogP contribution >= 0.6 is 0 Å². The van der Waals surface area contributed by atoms with E-state index in [-0.39, 0.29) is 18.4 Å². The third kappa shape index (κ3) is 6.37. The maximum atomic E-state index is 12.2. The van der Waals surface area contributed by atoms with Crippen molar-refractivity contribution in [3.05, 3.63) is 0 Å². The molecule has 0 aromatic rings. The molecule has 0 aromatic carbocycles. The lowest BCUT2D eigenvalue weighted by Crippen LogP contribution is -2.46. The lowest BCUT2D eigenvalue weighted by atomic mass is 10.2. The van der Waals surface area contributed by atoms with Crippen molar-refractivity contribution in [2.75, 3.05) is 26.2 Å². The van der Waals surface area contributed by atoms with E-state index in [4.69, 9.17) is 0 Å². The lowest BCUT2D eigenvalue weighted by Gasteiger charge is -2.23. The number of nitrogens with one attached hydrogen (secondary N) is 2. The molecule has 0 radical (unpaired) electrons. The Kier molecular flexibility index (Phi) is 8.26.